The summed E-state index contributed by atoms with van der Waals surface area (Å²) in [7, 11) is 2.02. The van der Waals surface area contributed by atoms with Crippen molar-refractivity contribution in [1.82, 2.24) is 15.1 Å². The number of aryl methyl sites for hydroxylation is 2. The number of nitrogens with one attached hydrogen (secondary N) is 1. The van der Waals surface area contributed by atoms with E-state index in [4.69, 9.17) is 4.74 Å². The summed E-state index contributed by atoms with van der Waals surface area (Å²) < 4.78 is 7.22. The molecule has 0 atom stereocenters. The van der Waals surface area contributed by atoms with Gasteiger partial charge in [0.15, 0.2) is 0 Å². The molecule has 0 spiro atoms. The fourth-order valence-electron chi connectivity index (χ4n) is 1.78. The van der Waals surface area contributed by atoms with Gasteiger partial charge >= 0.3 is 0 Å². The smallest absolute Gasteiger partial charge is 0.0988 e. The summed E-state index contributed by atoms with van der Waals surface area (Å²) in [4.78, 5) is 0. The molecular weight excluding hydrogens is 234 g/mol. The minimum atomic E-state index is 0.500. The molecule has 1 N–H and O–H groups in total. The van der Waals surface area contributed by atoms with Crippen molar-refractivity contribution < 1.29 is 4.74 Å². The molecule has 1 fully saturated rings. The van der Waals surface area contributed by atoms with Crippen LogP contribution < -0.4 is 5.32 Å². The summed E-state index contributed by atoms with van der Waals surface area (Å²) in [5, 5.41) is 9.86. The Bertz CT molecular complexity index is 385. The fourth-order valence-corrected chi connectivity index (χ4v) is 2.98. The molecule has 4 nitrogen and oxygen atoms in total. The van der Waals surface area contributed by atoms with Crippen LogP contribution in [0.15, 0.2) is 5.03 Å². The Morgan fingerprint density at radius 2 is 2.24 bits per heavy atom. The number of ether oxygens (including phenoxy) is 1. The van der Waals surface area contributed by atoms with E-state index in [0.717, 1.165) is 25.5 Å². The Kier molecular flexibility index (Phi) is 4.12. The van der Waals surface area contributed by atoms with E-state index in [1.807, 2.05) is 23.5 Å². The minimum Gasteiger partial charge on any atom is -0.379 e. The van der Waals surface area contributed by atoms with Crippen LogP contribution in [0.25, 0.3) is 0 Å². The second-order valence-corrected chi connectivity index (χ2v) is 6.09. The van der Waals surface area contributed by atoms with Gasteiger partial charge in [-0.15, -0.1) is 0 Å². The number of hydrogen-bond donors (Lipinski definition) is 1. The van der Waals surface area contributed by atoms with E-state index in [2.05, 4.69) is 31.2 Å². The lowest BCUT2D eigenvalue weighted by Gasteiger charge is -2.25. The molecule has 0 unspecified atom stereocenters. The van der Waals surface area contributed by atoms with Crippen LogP contribution in [0.5, 0.6) is 0 Å². The number of thioether (sulfide) groups is 1. The SMILES string of the molecule is Cc1nn(C)c(SC2COC2)c1CNC(C)C. The fraction of sp³-hybridized carbons (Fsp3) is 0.750. The van der Waals surface area contributed by atoms with E-state index >= 15 is 0 Å². The average Bonchev–Trinajstić information content (AvgIpc) is 2.44. The second kappa shape index (κ2) is 5.42. The zero-order valence-electron chi connectivity index (χ0n) is 11.0. The first kappa shape index (κ1) is 12.9. The largest absolute Gasteiger partial charge is 0.379 e. The van der Waals surface area contributed by atoms with Crippen molar-refractivity contribution >= 4 is 11.8 Å². The lowest BCUT2D eigenvalue weighted by Crippen LogP contribution is -2.30. The van der Waals surface area contributed by atoms with Crippen molar-refractivity contribution in [3.63, 3.8) is 0 Å². The molecule has 1 aromatic rings. The van der Waals surface area contributed by atoms with Gasteiger partial charge in [-0.1, -0.05) is 25.6 Å². The maximum atomic E-state index is 5.23. The van der Waals surface area contributed by atoms with Gasteiger partial charge in [0, 0.05) is 25.2 Å². The molecule has 0 bridgehead atoms. The Morgan fingerprint density at radius 1 is 1.53 bits per heavy atom. The quantitative estimate of drug-likeness (QED) is 0.869. The molecule has 17 heavy (non-hydrogen) atoms. The zero-order chi connectivity index (χ0) is 12.4. The highest BCUT2D eigenvalue weighted by Crippen LogP contribution is 2.31. The lowest BCUT2D eigenvalue weighted by atomic mass is 10.2. The standard InChI is InChI=1S/C12H21N3OS/c1-8(2)13-5-11-9(3)14-15(4)12(11)17-10-6-16-7-10/h8,10,13H,5-7H2,1-4H3. The van der Waals surface area contributed by atoms with Crippen molar-refractivity contribution in [3.8, 4) is 0 Å². The number of hydrogen-bond acceptors (Lipinski definition) is 4. The van der Waals surface area contributed by atoms with Crippen LogP contribution in [0.3, 0.4) is 0 Å². The summed E-state index contributed by atoms with van der Waals surface area (Å²) in [5.41, 5.74) is 2.46. The first-order valence-corrected chi connectivity index (χ1v) is 6.96. The number of rotatable bonds is 5. The molecule has 0 saturated carbocycles. The Hall–Kier alpha value is -0.520. The first-order chi connectivity index (χ1) is 8.08. The lowest BCUT2D eigenvalue weighted by molar-refractivity contribution is 0.0454. The molecule has 1 saturated heterocycles. The van der Waals surface area contributed by atoms with Gasteiger partial charge < -0.3 is 10.1 Å². The van der Waals surface area contributed by atoms with Crippen molar-refractivity contribution in [2.24, 2.45) is 7.05 Å². The summed E-state index contributed by atoms with van der Waals surface area (Å²) in [6, 6.07) is 0.500. The number of aromatic nitrogens is 2. The van der Waals surface area contributed by atoms with Crippen molar-refractivity contribution in [1.29, 1.82) is 0 Å². The monoisotopic (exact) mass is 255 g/mol. The van der Waals surface area contributed by atoms with Gasteiger partial charge in [0.25, 0.3) is 0 Å². The normalized spacial score (nSPS) is 16.5. The topological polar surface area (TPSA) is 39.1 Å². The van der Waals surface area contributed by atoms with E-state index in [9.17, 15) is 0 Å². The van der Waals surface area contributed by atoms with Crippen LogP contribution in [0.4, 0.5) is 0 Å². The molecule has 96 valence electrons. The molecule has 0 aliphatic carbocycles. The molecule has 0 radical (unpaired) electrons. The van der Waals surface area contributed by atoms with Crippen molar-refractivity contribution in [3.05, 3.63) is 11.3 Å². The molecule has 0 amide bonds. The second-order valence-electron chi connectivity index (χ2n) is 4.81. The molecule has 2 rings (SSSR count). The van der Waals surface area contributed by atoms with Crippen LogP contribution in [-0.2, 0) is 18.3 Å². The highest BCUT2D eigenvalue weighted by molar-refractivity contribution is 8.00. The maximum Gasteiger partial charge on any atom is 0.0988 e. The highest BCUT2D eigenvalue weighted by Gasteiger charge is 2.24. The molecular formula is C12H21N3OS. The predicted molar refractivity (Wildman–Crippen MR) is 70.4 cm³/mol. The minimum absolute atomic E-state index is 0.500. The van der Waals surface area contributed by atoms with E-state index < -0.39 is 0 Å². The molecule has 1 aromatic heterocycles. The Labute approximate surface area is 107 Å². The number of nitrogens with zero attached hydrogens (tertiary/aromatic N) is 2. The molecule has 2 heterocycles. The van der Waals surface area contributed by atoms with Crippen LogP contribution in [-0.4, -0.2) is 34.3 Å². The van der Waals surface area contributed by atoms with Gasteiger partial charge in [0.2, 0.25) is 0 Å². The molecule has 1 aliphatic heterocycles. The van der Waals surface area contributed by atoms with E-state index in [-0.39, 0.29) is 0 Å². The summed E-state index contributed by atoms with van der Waals surface area (Å²) in [5.74, 6) is 0. The van der Waals surface area contributed by atoms with Crippen LogP contribution in [0, 0.1) is 6.92 Å². The van der Waals surface area contributed by atoms with Crippen LogP contribution in [0.2, 0.25) is 0 Å². The van der Waals surface area contributed by atoms with Gasteiger partial charge in [-0.05, 0) is 6.92 Å². The van der Waals surface area contributed by atoms with Crippen LogP contribution >= 0.6 is 11.8 Å². The van der Waals surface area contributed by atoms with Crippen LogP contribution in [0.1, 0.15) is 25.1 Å². The van der Waals surface area contributed by atoms with Gasteiger partial charge in [-0.25, -0.2) is 0 Å². The van der Waals surface area contributed by atoms with Crippen molar-refractivity contribution in [2.75, 3.05) is 13.2 Å². The van der Waals surface area contributed by atoms with Crippen molar-refractivity contribution in [2.45, 2.75) is 43.6 Å². The molecule has 5 heteroatoms. The third kappa shape index (κ3) is 3.03. The Balaban J connectivity index is 2.10. The summed E-state index contributed by atoms with van der Waals surface area (Å²) >= 11 is 1.89. The molecule has 1 aliphatic rings. The van der Waals surface area contributed by atoms with Gasteiger partial charge in [-0.3, -0.25) is 4.68 Å². The van der Waals surface area contributed by atoms with E-state index in [1.165, 1.54) is 10.6 Å². The third-order valence-corrected chi connectivity index (χ3v) is 4.20. The highest BCUT2D eigenvalue weighted by atomic mass is 32.2. The molecule has 0 aromatic carbocycles. The summed E-state index contributed by atoms with van der Waals surface area (Å²) in [6.45, 7) is 9.04. The first-order valence-electron chi connectivity index (χ1n) is 6.08. The maximum absolute atomic E-state index is 5.23. The van der Waals surface area contributed by atoms with Gasteiger partial charge in [0.05, 0.1) is 29.2 Å². The summed E-state index contributed by atoms with van der Waals surface area (Å²) in [6.07, 6.45) is 0. The van der Waals surface area contributed by atoms with Gasteiger partial charge in [0.1, 0.15) is 0 Å². The van der Waals surface area contributed by atoms with Gasteiger partial charge in [-0.2, -0.15) is 5.10 Å². The zero-order valence-corrected chi connectivity index (χ0v) is 11.8. The Morgan fingerprint density at radius 3 is 2.76 bits per heavy atom. The average molecular weight is 255 g/mol. The third-order valence-electron chi connectivity index (χ3n) is 2.86. The van der Waals surface area contributed by atoms with E-state index in [0.29, 0.717) is 11.3 Å². The van der Waals surface area contributed by atoms with E-state index in [1.54, 1.807) is 0 Å². The predicted octanol–water partition coefficient (Wildman–Crippen LogP) is 1.72.